The third kappa shape index (κ3) is 2.42. The fourth-order valence-electron chi connectivity index (χ4n) is 2.11. The zero-order chi connectivity index (χ0) is 13.2. The van der Waals surface area contributed by atoms with Crippen molar-refractivity contribution < 1.29 is 9.59 Å². The van der Waals surface area contributed by atoms with E-state index in [0.29, 0.717) is 19.3 Å². The van der Waals surface area contributed by atoms with E-state index in [9.17, 15) is 9.59 Å². The summed E-state index contributed by atoms with van der Waals surface area (Å²) in [5, 5.41) is 5.74. The smallest absolute Gasteiger partial charge is 0.228 e. The summed E-state index contributed by atoms with van der Waals surface area (Å²) in [6.07, 6.45) is 2.55. The number of carbonyl (C=O) groups excluding carboxylic acids is 2. The molecule has 1 aromatic heterocycles. The van der Waals surface area contributed by atoms with Crippen molar-refractivity contribution in [2.45, 2.75) is 19.3 Å². The van der Waals surface area contributed by atoms with Crippen LogP contribution in [0.4, 0.5) is 5.69 Å². The van der Waals surface area contributed by atoms with Crippen LogP contribution in [0.15, 0.2) is 23.6 Å². The number of fused-ring (bicyclic) bond motifs is 1. The van der Waals surface area contributed by atoms with E-state index in [2.05, 4.69) is 10.3 Å². The van der Waals surface area contributed by atoms with Crippen molar-refractivity contribution in [1.29, 1.82) is 0 Å². The Kier molecular flexibility index (Phi) is 3.13. The second kappa shape index (κ2) is 4.93. The van der Waals surface area contributed by atoms with Crippen LogP contribution in [0.3, 0.4) is 0 Å². The van der Waals surface area contributed by atoms with Gasteiger partial charge < -0.3 is 10.1 Å². The van der Waals surface area contributed by atoms with Crippen molar-refractivity contribution in [3.05, 3.63) is 34.8 Å². The van der Waals surface area contributed by atoms with E-state index < -0.39 is 0 Å². The fourth-order valence-corrected chi connectivity index (χ4v) is 2.96. The Hall–Kier alpha value is -2.01. The van der Waals surface area contributed by atoms with Crippen LogP contribution in [0.1, 0.15) is 17.7 Å². The number of nitrogens with zero attached hydrogens (tertiary/aromatic N) is 1. The van der Waals surface area contributed by atoms with Crippen LogP contribution < -0.4 is 5.32 Å². The number of benzene rings is 1. The van der Waals surface area contributed by atoms with Gasteiger partial charge in [-0.2, -0.15) is 0 Å². The molecule has 0 fully saturated rings. The molecule has 96 valence electrons. The van der Waals surface area contributed by atoms with Gasteiger partial charge in [0.15, 0.2) is 0 Å². The molecule has 5 heteroatoms. The number of amides is 1. The number of rotatable bonds is 4. The van der Waals surface area contributed by atoms with Gasteiger partial charge in [-0.3, -0.25) is 4.79 Å². The molecule has 1 amide bonds. The Morgan fingerprint density at radius 2 is 2.32 bits per heavy atom. The number of aryl methyl sites for hydroxylation is 1. The van der Waals surface area contributed by atoms with Gasteiger partial charge in [0.2, 0.25) is 5.91 Å². The number of aromatic nitrogens is 1. The van der Waals surface area contributed by atoms with E-state index in [1.54, 1.807) is 11.3 Å². The summed E-state index contributed by atoms with van der Waals surface area (Å²) in [5.41, 5.74) is 3.86. The molecule has 3 rings (SSSR count). The zero-order valence-electron chi connectivity index (χ0n) is 10.2. The van der Waals surface area contributed by atoms with Crippen LogP contribution in [-0.2, 0) is 22.4 Å². The molecular weight excluding hydrogens is 260 g/mol. The lowest BCUT2D eigenvalue weighted by molar-refractivity contribution is -0.115. The first-order valence-corrected chi connectivity index (χ1v) is 6.95. The normalized spacial score (nSPS) is 13.2. The molecule has 0 saturated heterocycles. The molecule has 1 N–H and O–H groups in total. The highest BCUT2D eigenvalue weighted by molar-refractivity contribution is 7.13. The highest BCUT2D eigenvalue weighted by atomic mass is 32.1. The molecule has 4 nitrogen and oxygen atoms in total. The van der Waals surface area contributed by atoms with Crippen LogP contribution >= 0.6 is 11.3 Å². The van der Waals surface area contributed by atoms with E-state index in [-0.39, 0.29) is 5.91 Å². The molecule has 19 heavy (non-hydrogen) atoms. The summed E-state index contributed by atoms with van der Waals surface area (Å²) >= 11 is 1.56. The van der Waals surface area contributed by atoms with Crippen molar-refractivity contribution in [1.82, 2.24) is 4.98 Å². The standard InChI is InChI=1S/C14H12N2O2S/c17-5-1-2-11-8-19-14(15-11)10-4-3-9-7-13(18)16-12(9)6-10/h3-6,8H,1-2,7H2,(H,16,18). The molecule has 0 bridgehead atoms. The Bertz CT molecular complexity index is 649. The van der Waals surface area contributed by atoms with E-state index in [1.165, 1.54) is 0 Å². The maximum Gasteiger partial charge on any atom is 0.228 e. The Morgan fingerprint density at radius 1 is 1.42 bits per heavy atom. The summed E-state index contributed by atoms with van der Waals surface area (Å²) in [5.74, 6) is 0.0398. The van der Waals surface area contributed by atoms with Gasteiger partial charge in [-0.25, -0.2) is 4.98 Å². The minimum absolute atomic E-state index is 0.0398. The molecule has 0 spiro atoms. The molecule has 0 unspecified atom stereocenters. The minimum atomic E-state index is 0.0398. The average Bonchev–Trinajstić information content (AvgIpc) is 3.00. The number of carbonyl (C=O) groups is 2. The minimum Gasteiger partial charge on any atom is -0.326 e. The molecule has 1 aliphatic rings. The number of nitrogens with one attached hydrogen (secondary N) is 1. The van der Waals surface area contributed by atoms with Crippen LogP contribution in [0.5, 0.6) is 0 Å². The first-order valence-electron chi connectivity index (χ1n) is 6.07. The molecule has 0 radical (unpaired) electrons. The summed E-state index contributed by atoms with van der Waals surface area (Å²) in [6.45, 7) is 0. The predicted octanol–water partition coefficient (Wildman–Crippen LogP) is 2.44. The Labute approximate surface area is 114 Å². The number of thiazole rings is 1. The average molecular weight is 272 g/mol. The second-order valence-corrected chi connectivity index (χ2v) is 5.30. The van der Waals surface area contributed by atoms with Crippen LogP contribution in [0, 0.1) is 0 Å². The molecule has 2 aromatic rings. The monoisotopic (exact) mass is 272 g/mol. The first kappa shape index (κ1) is 12.0. The van der Waals surface area contributed by atoms with E-state index in [1.807, 2.05) is 23.6 Å². The quantitative estimate of drug-likeness (QED) is 0.870. The van der Waals surface area contributed by atoms with Crippen molar-refractivity contribution in [2.24, 2.45) is 0 Å². The zero-order valence-corrected chi connectivity index (χ0v) is 11.0. The van der Waals surface area contributed by atoms with Gasteiger partial charge in [0.1, 0.15) is 11.3 Å². The molecular formula is C14H12N2O2S. The topological polar surface area (TPSA) is 59.1 Å². The number of hydrogen-bond donors (Lipinski definition) is 1. The van der Waals surface area contributed by atoms with Crippen LogP contribution in [0.25, 0.3) is 10.6 Å². The van der Waals surface area contributed by atoms with Gasteiger partial charge in [-0.15, -0.1) is 11.3 Å². The van der Waals surface area contributed by atoms with Gasteiger partial charge in [0.05, 0.1) is 12.1 Å². The third-order valence-corrected chi connectivity index (χ3v) is 3.99. The SMILES string of the molecule is O=CCCc1csc(-c2ccc3c(c2)NC(=O)C3)n1. The number of aldehydes is 1. The summed E-state index contributed by atoms with van der Waals surface area (Å²) in [7, 11) is 0. The highest BCUT2D eigenvalue weighted by Gasteiger charge is 2.18. The largest absolute Gasteiger partial charge is 0.326 e. The third-order valence-electron chi connectivity index (χ3n) is 3.05. The van der Waals surface area contributed by atoms with Crippen LogP contribution in [-0.4, -0.2) is 17.2 Å². The molecule has 0 atom stereocenters. The molecule has 1 aromatic carbocycles. The Balaban J connectivity index is 1.86. The van der Waals surface area contributed by atoms with E-state index in [4.69, 9.17) is 0 Å². The molecule has 1 aliphatic heterocycles. The van der Waals surface area contributed by atoms with Gasteiger partial charge in [-0.1, -0.05) is 12.1 Å². The lowest BCUT2D eigenvalue weighted by atomic mass is 10.1. The maximum atomic E-state index is 11.3. The van der Waals surface area contributed by atoms with E-state index >= 15 is 0 Å². The number of hydrogen-bond acceptors (Lipinski definition) is 4. The summed E-state index contributed by atoms with van der Waals surface area (Å²) in [6, 6.07) is 5.92. The first-order chi connectivity index (χ1) is 9.26. The summed E-state index contributed by atoms with van der Waals surface area (Å²) < 4.78 is 0. The predicted molar refractivity (Wildman–Crippen MR) is 74.3 cm³/mol. The van der Waals surface area contributed by atoms with Crippen LogP contribution in [0.2, 0.25) is 0 Å². The molecule has 0 saturated carbocycles. The van der Waals surface area contributed by atoms with Gasteiger partial charge in [0, 0.05) is 23.1 Å². The Morgan fingerprint density at radius 3 is 3.16 bits per heavy atom. The van der Waals surface area contributed by atoms with Crippen molar-refractivity contribution in [3.63, 3.8) is 0 Å². The summed E-state index contributed by atoms with van der Waals surface area (Å²) in [4.78, 5) is 26.2. The van der Waals surface area contributed by atoms with Crippen molar-refractivity contribution in [2.75, 3.05) is 5.32 Å². The van der Waals surface area contributed by atoms with Gasteiger partial charge >= 0.3 is 0 Å². The van der Waals surface area contributed by atoms with Gasteiger partial charge in [0.25, 0.3) is 0 Å². The van der Waals surface area contributed by atoms with Gasteiger partial charge in [-0.05, 0) is 18.1 Å². The van der Waals surface area contributed by atoms with Crippen molar-refractivity contribution in [3.8, 4) is 10.6 Å². The maximum absolute atomic E-state index is 11.3. The van der Waals surface area contributed by atoms with Crippen molar-refractivity contribution >= 4 is 29.2 Å². The molecule has 0 aliphatic carbocycles. The lowest BCUT2D eigenvalue weighted by Crippen LogP contribution is -2.03. The van der Waals surface area contributed by atoms with E-state index in [0.717, 1.165) is 33.8 Å². The lowest BCUT2D eigenvalue weighted by Gasteiger charge is -2.01. The second-order valence-electron chi connectivity index (χ2n) is 4.45. The fraction of sp³-hybridized carbons (Fsp3) is 0.214. The molecule has 2 heterocycles. The number of anilines is 1. The highest BCUT2D eigenvalue weighted by Crippen LogP contribution is 2.31.